The van der Waals surface area contributed by atoms with Gasteiger partial charge in [0.15, 0.2) is 0 Å². The van der Waals surface area contributed by atoms with Gasteiger partial charge in [0, 0.05) is 45.0 Å². The van der Waals surface area contributed by atoms with Gasteiger partial charge in [0.1, 0.15) is 6.61 Å². The van der Waals surface area contributed by atoms with Crippen molar-refractivity contribution in [1.29, 1.82) is 0 Å². The van der Waals surface area contributed by atoms with Crippen LogP contribution in [0.15, 0.2) is 54.9 Å². The summed E-state index contributed by atoms with van der Waals surface area (Å²) >= 11 is 0. The lowest BCUT2D eigenvalue weighted by Crippen LogP contribution is -2.62. The number of pyridine rings is 1. The smallest absolute Gasteiger partial charge is 0.410 e. The number of rotatable bonds is 4. The second-order valence-corrected chi connectivity index (χ2v) is 6.66. The molecule has 2 aliphatic heterocycles. The van der Waals surface area contributed by atoms with Crippen molar-refractivity contribution in [3.63, 3.8) is 0 Å². The van der Waals surface area contributed by atoms with E-state index in [0.29, 0.717) is 13.2 Å². The molecule has 0 aliphatic carbocycles. The van der Waals surface area contributed by atoms with Gasteiger partial charge in [-0.25, -0.2) is 4.79 Å². The van der Waals surface area contributed by atoms with Crippen molar-refractivity contribution >= 4 is 6.09 Å². The van der Waals surface area contributed by atoms with Gasteiger partial charge < -0.3 is 4.74 Å². The molecule has 2 aromatic rings. The van der Waals surface area contributed by atoms with E-state index in [0.717, 1.165) is 26.1 Å². The van der Waals surface area contributed by atoms with E-state index in [2.05, 4.69) is 28.1 Å². The predicted octanol–water partition coefficient (Wildman–Crippen LogP) is 2.33. The average Bonchev–Trinajstić information content (AvgIpc) is 2.93. The van der Waals surface area contributed by atoms with Gasteiger partial charge in [0.25, 0.3) is 0 Å². The second-order valence-electron chi connectivity index (χ2n) is 6.66. The largest absolute Gasteiger partial charge is 0.447 e. The Kier molecular flexibility index (Phi) is 3.94. The van der Waals surface area contributed by atoms with Gasteiger partial charge in [0.2, 0.25) is 0 Å². The summed E-state index contributed by atoms with van der Waals surface area (Å²) in [5, 5.41) is 0. The highest BCUT2D eigenvalue weighted by molar-refractivity contribution is 5.71. The van der Waals surface area contributed by atoms with E-state index >= 15 is 0 Å². The first kappa shape index (κ1) is 15.1. The molecule has 1 unspecified atom stereocenters. The van der Waals surface area contributed by atoms with Crippen LogP contribution in [-0.4, -0.2) is 52.7 Å². The molecule has 5 nitrogen and oxygen atoms in total. The third-order valence-electron chi connectivity index (χ3n) is 4.92. The quantitative estimate of drug-likeness (QED) is 0.866. The van der Waals surface area contributed by atoms with Crippen LogP contribution in [0, 0.1) is 0 Å². The van der Waals surface area contributed by atoms with Crippen molar-refractivity contribution in [3.05, 3.63) is 66.0 Å². The van der Waals surface area contributed by atoms with Gasteiger partial charge in [-0.2, -0.15) is 0 Å². The number of cyclic esters (lactones) is 1. The third kappa shape index (κ3) is 2.87. The molecular weight excluding hydrogens is 302 g/mol. The Hall–Kier alpha value is -2.40. The number of aromatic nitrogens is 1. The molecule has 2 fully saturated rings. The number of hydrogen-bond acceptors (Lipinski definition) is 4. The Balaban J connectivity index is 1.55. The van der Waals surface area contributed by atoms with Crippen molar-refractivity contribution in [2.45, 2.75) is 18.5 Å². The van der Waals surface area contributed by atoms with Crippen molar-refractivity contribution < 1.29 is 9.53 Å². The number of nitrogens with zero attached hydrogens (tertiary/aromatic N) is 3. The molecule has 1 atom stereocenters. The van der Waals surface area contributed by atoms with Crippen LogP contribution >= 0.6 is 0 Å². The highest BCUT2D eigenvalue weighted by Crippen LogP contribution is 2.32. The standard InChI is InChI=1S/C19H21N3O2/c23-18-22-10-9-21(13-17-7-4-8-20-12-17)14-19(22,15-24-18)11-16-5-2-1-3-6-16/h1-8,12H,9-11,13-15H2. The zero-order chi connectivity index (χ0) is 16.4. The number of benzene rings is 1. The first-order valence-corrected chi connectivity index (χ1v) is 8.35. The minimum absolute atomic E-state index is 0.174. The molecule has 124 valence electrons. The fourth-order valence-corrected chi connectivity index (χ4v) is 3.80. The maximum absolute atomic E-state index is 12.1. The van der Waals surface area contributed by atoms with E-state index in [-0.39, 0.29) is 11.6 Å². The second kappa shape index (κ2) is 6.24. The molecule has 24 heavy (non-hydrogen) atoms. The molecule has 0 radical (unpaired) electrons. The number of hydrogen-bond donors (Lipinski definition) is 0. The molecule has 1 amide bonds. The van der Waals surface area contributed by atoms with E-state index in [1.54, 1.807) is 6.20 Å². The molecule has 1 aromatic carbocycles. The number of fused-ring (bicyclic) bond motifs is 1. The summed E-state index contributed by atoms with van der Waals surface area (Å²) in [5.41, 5.74) is 2.17. The number of ether oxygens (including phenoxy) is 1. The molecule has 5 heteroatoms. The van der Waals surface area contributed by atoms with Gasteiger partial charge in [-0.1, -0.05) is 36.4 Å². The lowest BCUT2D eigenvalue weighted by molar-refractivity contribution is 0.0476. The van der Waals surface area contributed by atoms with Crippen LogP contribution in [0.5, 0.6) is 0 Å². The lowest BCUT2D eigenvalue weighted by atomic mass is 9.88. The summed E-state index contributed by atoms with van der Waals surface area (Å²) in [7, 11) is 0. The summed E-state index contributed by atoms with van der Waals surface area (Å²) in [4.78, 5) is 20.7. The summed E-state index contributed by atoms with van der Waals surface area (Å²) in [6.07, 6.45) is 4.35. The molecule has 0 spiro atoms. The molecule has 0 saturated carbocycles. The molecular formula is C19H21N3O2. The molecule has 1 aromatic heterocycles. The van der Waals surface area contributed by atoms with Crippen molar-refractivity contribution in [2.24, 2.45) is 0 Å². The van der Waals surface area contributed by atoms with Crippen LogP contribution in [0.25, 0.3) is 0 Å². The van der Waals surface area contributed by atoms with Crippen LogP contribution < -0.4 is 0 Å². The van der Waals surface area contributed by atoms with Gasteiger partial charge in [-0.15, -0.1) is 0 Å². The topological polar surface area (TPSA) is 45.7 Å². The van der Waals surface area contributed by atoms with Crippen molar-refractivity contribution in [1.82, 2.24) is 14.8 Å². The molecule has 2 aliphatic rings. The van der Waals surface area contributed by atoms with Gasteiger partial charge in [0.05, 0.1) is 5.54 Å². The highest BCUT2D eigenvalue weighted by atomic mass is 16.6. The van der Waals surface area contributed by atoms with Gasteiger partial charge >= 0.3 is 6.09 Å². The van der Waals surface area contributed by atoms with Gasteiger partial charge in [-0.3, -0.25) is 14.8 Å². The maximum atomic E-state index is 12.1. The molecule has 0 bridgehead atoms. The van der Waals surface area contributed by atoms with Crippen molar-refractivity contribution in [2.75, 3.05) is 26.2 Å². The lowest BCUT2D eigenvalue weighted by Gasteiger charge is -2.44. The Morgan fingerprint density at radius 3 is 2.71 bits per heavy atom. The van der Waals surface area contributed by atoms with Crippen LogP contribution in [0.1, 0.15) is 11.1 Å². The van der Waals surface area contributed by atoms with Crippen LogP contribution in [0.3, 0.4) is 0 Å². The summed E-state index contributed by atoms with van der Waals surface area (Å²) in [6.45, 7) is 3.71. The average molecular weight is 323 g/mol. The van der Waals surface area contributed by atoms with Gasteiger partial charge in [-0.05, 0) is 17.2 Å². The van der Waals surface area contributed by atoms with E-state index in [1.807, 2.05) is 35.4 Å². The van der Waals surface area contributed by atoms with E-state index in [1.165, 1.54) is 11.1 Å². The van der Waals surface area contributed by atoms with Crippen molar-refractivity contribution in [3.8, 4) is 0 Å². The normalized spacial score (nSPS) is 23.8. The molecule has 3 heterocycles. The van der Waals surface area contributed by atoms with E-state index < -0.39 is 0 Å². The number of piperazine rings is 1. The Morgan fingerprint density at radius 1 is 1.08 bits per heavy atom. The fraction of sp³-hybridized carbons (Fsp3) is 0.368. The predicted molar refractivity (Wildman–Crippen MR) is 90.4 cm³/mol. The number of amides is 1. The minimum atomic E-state index is -0.265. The van der Waals surface area contributed by atoms with Crippen LogP contribution in [0.2, 0.25) is 0 Å². The Bertz CT molecular complexity index is 707. The van der Waals surface area contributed by atoms with E-state index in [9.17, 15) is 4.79 Å². The first-order valence-electron chi connectivity index (χ1n) is 8.35. The van der Waals surface area contributed by atoms with Crippen LogP contribution in [0.4, 0.5) is 4.79 Å². The summed E-state index contributed by atoms with van der Waals surface area (Å²) in [5.74, 6) is 0. The Labute approximate surface area is 141 Å². The molecule has 2 saturated heterocycles. The zero-order valence-electron chi connectivity index (χ0n) is 13.6. The first-order chi connectivity index (χ1) is 11.8. The summed E-state index contributed by atoms with van der Waals surface area (Å²) < 4.78 is 5.42. The third-order valence-corrected chi connectivity index (χ3v) is 4.92. The fourth-order valence-electron chi connectivity index (χ4n) is 3.80. The van der Waals surface area contributed by atoms with Crippen LogP contribution in [-0.2, 0) is 17.7 Å². The maximum Gasteiger partial charge on any atom is 0.410 e. The SMILES string of the molecule is O=C1OCC2(Cc3ccccc3)CN(Cc3cccnc3)CCN12. The monoisotopic (exact) mass is 323 g/mol. The van der Waals surface area contributed by atoms with E-state index in [4.69, 9.17) is 4.74 Å². The minimum Gasteiger partial charge on any atom is -0.447 e. The zero-order valence-corrected chi connectivity index (χ0v) is 13.6. The molecule has 0 N–H and O–H groups in total. The molecule has 4 rings (SSSR count). The Morgan fingerprint density at radius 2 is 1.92 bits per heavy atom. The highest BCUT2D eigenvalue weighted by Gasteiger charge is 2.50. The summed E-state index contributed by atoms with van der Waals surface area (Å²) in [6, 6.07) is 14.4. The number of carbonyl (C=O) groups is 1. The number of carbonyl (C=O) groups excluding carboxylic acids is 1.